The summed E-state index contributed by atoms with van der Waals surface area (Å²) in [7, 11) is 0. The van der Waals surface area contributed by atoms with Crippen molar-refractivity contribution in [2.45, 2.75) is 25.1 Å². The van der Waals surface area contributed by atoms with Crippen LogP contribution in [-0.2, 0) is 4.79 Å². The fraction of sp³-hybridized carbons (Fsp3) is 0.643. The lowest BCUT2D eigenvalue weighted by Crippen LogP contribution is -2.57. The van der Waals surface area contributed by atoms with Crippen LogP contribution in [0.3, 0.4) is 0 Å². The lowest BCUT2D eigenvalue weighted by Gasteiger charge is -2.36. The molecule has 2 atom stereocenters. The SMILES string of the molecule is CC(C(=O)NCC(N1CCNCC1)C(F)(F)F)c1cccs1.Cl. The number of amides is 1. The summed E-state index contributed by atoms with van der Waals surface area (Å²) in [6.45, 7) is 3.03. The minimum absolute atomic E-state index is 0. The molecular formula is C14H21ClF3N3OS. The van der Waals surface area contributed by atoms with Crippen LogP contribution in [0.25, 0.3) is 0 Å². The minimum Gasteiger partial charge on any atom is -0.354 e. The molecule has 2 N–H and O–H groups in total. The Morgan fingerprint density at radius 2 is 2.09 bits per heavy atom. The van der Waals surface area contributed by atoms with Crippen LogP contribution in [0.1, 0.15) is 17.7 Å². The molecule has 0 aliphatic carbocycles. The third kappa shape index (κ3) is 5.63. The maximum atomic E-state index is 13.2. The van der Waals surface area contributed by atoms with Gasteiger partial charge in [-0.2, -0.15) is 13.2 Å². The van der Waals surface area contributed by atoms with Gasteiger partial charge in [0.25, 0.3) is 0 Å². The number of alkyl halides is 3. The molecular weight excluding hydrogens is 351 g/mol. The number of nitrogens with zero attached hydrogens (tertiary/aromatic N) is 1. The smallest absolute Gasteiger partial charge is 0.354 e. The zero-order valence-electron chi connectivity index (χ0n) is 12.7. The minimum atomic E-state index is -4.35. The normalized spacial score (nSPS) is 18.8. The fourth-order valence-corrected chi connectivity index (χ4v) is 3.25. The summed E-state index contributed by atoms with van der Waals surface area (Å²) in [5.74, 6) is -0.802. The summed E-state index contributed by atoms with van der Waals surface area (Å²) in [5.41, 5.74) is 0. The van der Waals surface area contributed by atoms with Crippen LogP contribution in [0.4, 0.5) is 13.2 Å². The summed E-state index contributed by atoms with van der Waals surface area (Å²) < 4.78 is 39.7. The number of nitrogens with one attached hydrogen (secondary N) is 2. The average Bonchev–Trinajstić information content (AvgIpc) is 3.00. The van der Waals surface area contributed by atoms with Crippen molar-refractivity contribution in [1.82, 2.24) is 15.5 Å². The van der Waals surface area contributed by atoms with Gasteiger partial charge in [0.05, 0.1) is 5.92 Å². The number of hydrogen-bond acceptors (Lipinski definition) is 4. The summed E-state index contributed by atoms with van der Waals surface area (Å²) in [6.07, 6.45) is -4.35. The standard InChI is InChI=1S/C14H20F3N3OS.ClH/c1-10(11-3-2-8-22-11)13(21)19-9-12(14(15,16)17)20-6-4-18-5-7-20;/h2-3,8,10,12,18H,4-7,9H2,1H3,(H,19,21);1H. The third-order valence-corrected chi connectivity index (χ3v) is 4.86. The largest absolute Gasteiger partial charge is 0.405 e. The summed E-state index contributed by atoms with van der Waals surface area (Å²) in [6, 6.07) is 2.00. The second-order valence-corrected chi connectivity index (χ2v) is 6.30. The Labute approximate surface area is 143 Å². The number of piperazine rings is 1. The van der Waals surface area contributed by atoms with Crippen LogP contribution < -0.4 is 10.6 Å². The Balaban J connectivity index is 0.00000264. The quantitative estimate of drug-likeness (QED) is 0.834. The lowest BCUT2D eigenvalue weighted by atomic mass is 10.1. The first kappa shape index (κ1) is 20.2. The van der Waals surface area contributed by atoms with Gasteiger partial charge in [-0.1, -0.05) is 6.07 Å². The molecule has 1 aromatic rings. The average molecular weight is 372 g/mol. The van der Waals surface area contributed by atoms with E-state index in [-0.39, 0.29) is 18.3 Å². The van der Waals surface area contributed by atoms with E-state index in [0.717, 1.165) is 4.88 Å². The van der Waals surface area contributed by atoms with Crippen LogP contribution >= 0.6 is 23.7 Å². The van der Waals surface area contributed by atoms with Crippen molar-refractivity contribution in [2.24, 2.45) is 0 Å². The van der Waals surface area contributed by atoms with E-state index in [2.05, 4.69) is 10.6 Å². The predicted molar refractivity (Wildman–Crippen MR) is 87.3 cm³/mol. The zero-order chi connectivity index (χ0) is 16.2. The highest BCUT2D eigenvalue weighted by Gasteiger charge is 2.43. The van der Waals surface area contributed by atoms with Gasteiger partial charge in [-0.25, -0.2) is 0 Å². The van der Waals surface area contributed by atoms with Gasteiger partial charge >= 0.3 is 6.18 Å². The maximum Gasteiger partial charge on any atom is 0.405 e. The third-order valence-electron chi connectivity index (χ3n) is 3.80. The van der Waals surface area contributed by atoms with Gasteiger partial charge in [0.15, 0.2) is 0 Å². The molecule has 0 spiro atoms. The molecule has 1 aromatic heterocycles. The molecule has 0 aromatic carbocycles. The molecule has 23 heavy (non-hydrogen) atoms. The summed E-state index contributed by atoms with van der Waals surface area (Å²) in [5, 5.41) is 7.33. The molecule has 1 aliphatic rings. The molecule has 2 heterocycles. The monoisotopic (exact) mass is 371 g/mol. The molecule has 1 amide bonds. The number of thiophene rings is 1. The Bertz CT molecular complexity index is 478. The van der Waals surface area contributed by atoms with Crippen molar-refractivity contribution in [3.05, 3.63) is 22.4 Å². The Hall–Kier alpha value is -0.830. The highest BCUT2D eigenvalue weighted by atomic mass is 35.5. The molecule has 132 valence electrons. The first-order valence-corrected chi connectivity index (χ1v) is 8.10. The molecule has 1 fully saturated rings. The Morgan fingerprint density at radius 1 is 1.43 bits per heavy atom. The van der Waals surface area contributed by atoms with Crippen LogP contribution in [0, 0.1) is 0 Å². The zero-order valence-corrected chi connectivity index (χ0v) is 14.4. The van der Waals surface area contributed by atoms with E-state index in [0.29, 0.717) is 26.2 Å². The second-order valence-electron chi connectivity index (χ2n) is 5.33. The van der Waals surface area contributed by atoms with Crippen molar-refractivity contribution in [2.75, 3.05) is 32.7 Å². The van der Waals surface area contributed by atoms with Crippen molar-refractivity contribution in [1.29, 1.82) is 0 Å². The van der Waals surface area contributed by atoms with Crippen molar-refractivity contribution < 1.29 is 18.0 Å². The number of halogens is 4. The topological polar surface area (TPSA) is 44.4 Å². The molecule has 4 nitrogen and oxygen atoms in total. The molecule has 1 aliphatic heterocycles. The van der Waals surface area contributed by atoms with Gasteiger partial charge in [-0.3, -0.25) is 9.69 Å². The summed E-state index contributed by atoms with van der Waals surface area (Å²) >= 11 is 1.43. The van der Waals surface area contributed by atoms with Gasteiger partial charge in [-0.15, -0.1) is 23.7 Å². The number of carbonyl (C=O) groups excluding carboxylic acids is 1. The van der Waals surface area contributed by atoms with Gasteiger partial charge in [0.1, 0.15) is 6.04 Å². The van der Waals surface area contributed by atoms with Crippen LogP contribution in [0.5, 0.6) is 0 Å². The molecule has 2 rings (SSSR count). The van der Waals surface area contributed by atoms with Crippen molar-refractivity contribution in [3.63, 3.8) is 0 Å². The molecule has 0 saturated carbocycles. The maximum absolute atomic E-state index is 13.2. The fourth-order valence-electron chi connectivity index (χ4n) is 2.46. The Morgan fingerprint density at radius 3 is 2.61 bits per heavy atom. The van der Waals surface area contributed by atoms with Gasteiger partial charge < -0.3 is 10.6 Å². The number of carbonyl (C=O) groups is 1. The van der Waals surface area contributed by atoms with E-state index in [1.165, 1.54) is 16.2 Å². The van der Waals surface area contributed by atoms with E-state index in [4.69, 9.17) is 0 Å². The number of rotatable bonds is 5. The molecule has 1 saturated heterocycles. The molecule has 9 heteroatoms. The van der Waals surface area contributed by atoms with E-state index in [9.17, 15) is 18.0 Å². The summed E-state index contributed by atoms with van der Waals surface area (Å²) in [4.78, 5) is 14.3. The predicted octanol–water partition coefficient (Wildman–Crippen LogP) is 2.23. The highest BCUT2D eigenvalue weighted by Crippen LogP contribution is 2.25. The van der Waals surface area contributed by atoms with E-state index in [1.54, 1.807) is 6.92 Å². The van der Waals surface area contributed by atoms with Crippen LogP contribution in [0.2, 0.25) is 0 Å². The van der Waals surface area contributed by atoms with Crippen molar-refractivity contribution in [3.8, 4) is 0 Å². The van der Waals surface area contributed by atoms with E-state index >= 15 is 0 Å². The van der Waals surface area contributed by atoms with Gasteiger partial charge in [0, 0.05) is 37.6 Å². The van der Waals surface area contributed by atoms with Gasteiger partial charge in [0.2, 0.25) is 5.91 Å². The molecule has 0 bridgehead atoms. The highest BCUT2D eigenvalue weighted by molar-refractivity contribution is 7.10. The van der Waals surface area contributed by atoms with Gasteiger partial charge in [-0.05, 0) is 18.4 Å². The van der Waals surface area contributed by atoms with E-state index < -0.39 is 24.7 Å². The first-order chi connectivity index (χ1) is 10.4. The first-order valence-electron chi connectivity index (χ1n) is 7.22. The lowest BCUT2D eigenvalue weighted by molar-refractivity contribution is -0.184. The number of hydrogen-bond donors (Lipinski definition) is 2. The van der Waals surface area contributed by atoms with Crippen LogP contribution in [0.15, 0.2) is 17.5 Å². The second kappa shape index (κ2) is 8.86. The van der Waals surface area contributed by atoms with E-state index in [1.807, 2.05) is 17.5 Å². The van der Waals surface area contributed by atoms with Crippen LogP contribution in [-0.4, -0.2) is 55.7 Å². The Kier molecular flexibility index (Phi) is 7.79. The molecule has 0 radical (unpaired) electrons. The molecule has 2 unspecified atom stereocenters. The van der Waals surface area contributed by atoms with Crippen molar-refractivity contribution >= 4 is 29.7 Å².